The van der Waals surface area contributed by atoms with Gasteiger partial charge in [-0.15, -0.1) is 0 Å². The van der Waals surface area contributed by atoms with Crippen LogP contribution in [0.4, 0.5) is 0 Å². The quantitative estimate of drug-likeness (QED) is 0.754. The zero-order valence-corrected chi connectivity index (χ0v) is 12.2. The number of fused-ring (bicyclic) bond motifs is 1. The molecular formula is C13H11ClN4OS. The fourth-order valence-corrected chi connectivity index (χ4v) is 2.54. The van der Waals surface area contributed by atoms with Crippen molar-refractivity contribution < 1.29 is 4.21 Å². The Balaban J connectivity index is 1.92. The van der Waals surface area contributed by atoms with E-state index in [9.17, 15) is 4.21 Å². The van der Waals surface area contributed by atoms with Crippen molar-refractivity contribution in [1.82, 2.24) is 19.9 Å². The number of pyridine rings is 1. The lowest BCUT2D eigenvalue weighted by Crippen LogP contribution is -1.98. The van der Waals surface area contributed by atoms with Gasteiger partial charge in [-0.1, -0.05) is 11.6 Å². The van der Waals surface area contributed by atoms with Gasteiger partial charge in [0.25, 0.3) is 0 Å². The zero-order valence-electron chi connectivity index (χ0n) is 10.6. The van der Waals surface area contributed by atoms with E-state index >= 15 is 0 Å². The van der Waals surface area contributed by atoms with E-state index in [-0.39, 0.29) is 0 Å². The Kier molecular flexibility index (Phi) is 3.50. The Morgan fingerprint density at radius 3 is 2.70 bits per heavy atom. The largest absolute Gasteiger partial charge is 0.346 e. The van der Waals surface area contributed by atoms with Crippen molar-refractivity contribution in [2.75, 3.05) is 6.26 Å². The third-order valence-corrected chi connectivity index (χ3v) is 3.85. The summed E-state index contributed by atoms with van der Waals surface area (Å²) in [4.78, 5) is 15.5. The van der Waals surface area contributed by atoms with Gasteiger partial charge in [0, 0.05) is 42.9 Å². The van der Waals surface area contributed by atoms with Crippen molar-refractivity contribution in [3.8, 4) is 0 Å². The number of H-pyrrole nitrogens is 1. The highest BCUT2D eigenvalue weighted by molar-refractivity contribution is 7.84. The SMILES string of the molecule is C[S@](=O)c1ncc(Cc2c[nH]c3ncc(Cl)cc23)cn1. The fraction of sp³-hybridized carbons (Fsp3) is 0.154. The van der Waals surface area contributed by atoms with E-state index in [4.69, 9.17) is 11.6 Å². The van der Waals surface area contributed by atoms with Crippen LogP contribution in [-0.4, -0.2) is 30.4 Å². The number of hydrogen-bond donors (Lipinski definition) is 1. The minimum absolute atomic E-state index is 0.345. The van der Waals surface area contributed by atoms with Crippen LogP contribution >= 0.6 is 11.6 Å². The van der Waals surface area contributed by atoms with E-state index in [1.165, 1.54) is 0 Å². The number of aromatic nitrogens is 4. The molecule has 0 radical (unpaired) electrons. The molecule has 0 aliphatic rings. The number of halogens is 1. The third kappa shape index (κ3) is 2.57. The molecule has 0 spiro atoms. The molecule has 1 atom stereocenters. The van der Waals surface area contributed by atoms with Gasteiger partial charge in [0.1, 0.15) is 5.65 Å². The number of rotatable bonds is 3. The summed E-state index contributed by atoms with van der Waals surface area (Å²) in [5, 5.41) is 1.93. The molecule has 3 aromatic heterocycles. The van der Waals surface area contributed by atoms with Crippen LogP contribution in [0.15, 0.2) is 36.0 Å². The van der Waals surface area contributed by atoms with Crippen LogP contribution in [0.5, 0.6) is 0 Å². The van der Waals surface area contributed by atoms with E-state index < -0.39 is 10.8 Å². The Morgan fingerprint density at radius 1 is 1.25 bits per heavy atom. The molecule has 0 aliphatic heterocycles. The lowest BCUT2D eigenvalue weighted by molar-refractivity contribution is 0.679. The second kappa shape index (κ2) is 5.30. The maximum atomic E-state index is 11.2. The monoisotopic (exact) mass is 306 g/mol. The first-order chi connectivity index (χ1) is 9.63. The molecule has 0 amide bonds. The van der Waals surface area contributed by atoms with Crippen molar-refractivity contribution in [1.29, 1.82) is 0 Å². The molecule has 3 aromatic rings. The third-order valence-electron chi connectivity index (χ3n) is 2.92. The summed E-state index contributed by atoms with van der Waals surface area (Å²) in [5.41, 5.74) is 2.82. The average molecular weight is 307 g/mol. The van der Waals surface area contributed by atoms with E-state index in [0.29, 0.717) is 16.6 Å². The lowest BCUT2D eigenvalue weighted by atomic mass is 10.1. The second-order valence-electron chi connectivity index (χ2n) is 4.37. The highest BCUT2D eigenvalue weighted by Gasteiger charge is 2.08. The second-order valence-corrected chi connectivity index (χ2v) is 6.08. The minimum Gasteiger partial charge on any atom is -0.346 e. The molecule has 7 heteroatoms. The topological polar surface area (TPSA) is 71.5 Å². The zero-order chi connectivity index (χ0) is 14.1. The van der Waals surface area contributed by atoms with Crippen LogP contribution in [-0.2, 0) is 17.2 Å². The molecule has 0 fully saturated rings. The van der Waals surface area contributed by atoms with E-state index in [2.05, 4.69) is 19.9 Å². The predicted octanol–water partition coefficient (Wildman–Crippen LogP) is 2.33. The summed E-state index contributed by atoms with van der Waals surface area (Å²) in [6, 6.07) is 1.88. The molecule has 102 valence electrons. The van der Waals surface area contributed by atoms with Crippen LogP contribution < -0.4 is 0 Å². The highest BCUT2D eigenvalue weighted by Crippen LogP contribution is 2.22. The summed E-state index contributed by atoms with van der Waals surface area (Å²) in [5.74, 6) is 0. The smallest absolute Gasteiger partial charge is 0.218 e. The highest BCUT2D eigenvalue weighted by atomic mass is 35.5. The molecule has 0 aromatic carbocycles. The number of hydrogen-bond acceptors (Lipinski definition) is 4. The summed E-state index contributed by atoms with van der Waals surface area (Å²) in [7, 11) is -1.16. The number of aromatic amines is 1. The molecule has 0 aliphatic carbocycles. The van der Waals surface area contributed by atoms with Gasteiger partial charge in [-0.3, -0.25) is 4.21 Å². The predicted molar refractivity (Wildman–Crippen MR) is 78.3 cm³/mol. The first-order valence-corrected chi connectivity index (χ1v) is 7.83. The van der Waals surface area contributed by atoms with Gasteiger partial charge >= 0.3 is 0 Å². The first kappa shape index (κ1) is 13.2. The molecule has 3 rings (SSSR count). The van der Waals surface area contributed by atoms with Crippen LogP contribution in [0.3, 0.4) is 0 Å². The Hall–Kier alpha value is -1.79. The van der Waals surface area contributed by atoms with Gasteiger partial charge in [-0.05, 0) is 17.2 Å². The molecular weight excluding hydrogens is 296 g/mol. The van der Waals surface area contributed by atoms with Crippen molar-refractivity contribution in [2.45, 2.75) is 11.6 Å². The van der Waals surface area contributed by atoms with Gasteiger partial charge in [0.15, 0.2) is 0 Å². The van der Waals surface area contributed by atoms with E-state index in [1.807, 2.05) is 12.3 Å². The molecule has 1 N–H and O–H groups in total. The van der Waals surface area contributed by atoms with Gasteiger partial charge < -0.3 is 4.98 Å². The minimum atomic E-state index is -1.16. The van der Waals surface area contributed by atoms with E-state index in [0.717, 1.165) is 22.2 Å². The Bertz CT molecular complexity index is 785. The maximum absolute atomic E-state index is 11.2. The summed E-state index contributed by atoms with van der Waals surface area (Å²) >= 11 is 5.97. The standard InChI is InChI=1S/C13H11ClN4OS/c1-20(19)13-17-4-8(5-18-13)2-9-6-15-12-11(9)3-10(14)7-16-12/h3-7H,2H2,1H3,(H,15,16)/t20-/m0/s1. The Labute approximate surface area is 122 Å². The maximum Gasteiger partial charge on any atom is 0.218 e. The average Bonchev–Trinajstić information content (AvgIpc) is 2.82. The lowest BCUT2D eigenvalue weighted by Gasteiger charge is -2.01. The number of nitrogens with one attached hydrogen (secondary N) is 1. The molecule has 0 bridgehead atoms. The van der Waals surface area contributed by atoms with Crippen LogP contribution in [0, 0.1) is 0 Å². The van der Waals surface area contributed by atoms with E-state index in [1.54, 1.807) is 24.8 Å². The van der Waals surface area contributed by atoms with Gasteiger partial charge in [0.05, 0.1) is 15.8 Å². The van der Waals surface area contributed by atoms with Gasteiger partial charge in [-0.25, -0.2) is 15.0 Å². The van der Waals surface area contributed by atoms with Crippen LogP contribution in [0.1, 0.15) is 11.1 Å². The van der Waals surface area contributed by atoms with Crippen molar-refractivity contribution in [3.63, 3.8) is 0 Å². The molecule has 0 unspecified atom stereocenters. The summed E-state index contributed by atoms with van der Waals surface area (Å²) in [6.45, 7) is 0. The first-order valence-electron chi connectivity index (χ1n) is 5.89. The van der Waals surface area contributed by atoms with Crippen LogP contribution in [0.25, 0.3) is 11.0 Å². The van der Waals surface area contributed by atoms with Crippen molar-refractivity contribution in [3.05, 3.63) is 47.0 Å². The molecule has 3 heterocycles. The molecule has 20 heavy (non-hydrogen) atoms. The molecule has 0 saturated carbocycles. The summed E-state index contributed by atoms with van der Waals surface area (Å²) in [6.07, 6.45) is 9.13. The fourth-order valence-electron chi connectivity index (χ4n) is 1.98. The Morgan fingerprint density at radius 2 is 2.00 bits per heavy atom. The molecule has 5 nitrogen and oxygen atoms in total. The van der Waals surface area contributed by atoms with Crippen molar-refractivity contribution >= 4 is 33.4 Å². The van der Waals surface area contributed by atoms with Gasteiger partial charge in [-0.2, -0.15) is 0 Å². The normalized spacial score (nSPS) is 12.7. The van der Waals surface area contributed by atoms with Crippen LogP contribution in [0.2, 0.25) is 5.02 Å². The molecule has 0 saturated heterocycles. The van der Waals surface area contributed by atoms with Gasteiger partial charge in [0.2, 0.25) is 5.16 Å². The summed E-state index contributed by atoms with van der Waals surface area (Å²) < 4.78 is 11.2. The van der Waals surface area contributed by atoms with Crippen molar-refractivity contribution in [2.24, 2.45) is 0 Å². The number of nitrogens with zero attached hydrogens (tertiary/aromatic N) is 3.